The predicted molar refractivity (Wildman–Crippen MR) is 49.7 cm³/mol. The normalized spacial score (nSPS) is 17.3. The van der Waals surface area contributed by atoms with Gasteiger partial charge in [0.15, 0.2) is 0 Å². The molecule has 0 aromatic carbocycles. The Morgan fingerprint density at radius 3 is 2.67 bits per heavy atom. The molecule has 0 atom stereocenters. The van der Waals surface area contributed by atoms with Crippen molar-refractivity contribution < 1.29 is 0 Å². The topological polar surface area (TPSA) is 64.9 Å². The van der Waals surface area contributed by atoms with Crippen molar-refractivity contribution in [2.45, 2.75) is 25.2 Å². The first kappa shape index (κ1) is 7.40. The summed E-state index contributed by atoms with van der Waals surface area (Å²) in [6.45, 7) is 0. The highest BCUT2D eigenvalue weighted by molar-refractivity contribution is 5.65. The molecule has 12 heavy (non-hydrogen) atoms. The van der Waals surface area contributed by atoms with Gasteiger partial charge >= 0.3 is 0 Å². The second-order valence-corrected chi connectivity index (χ2v) is 3.33. The van der Waals surface area contributed by atoms with Crippen LogP contribution in [0, 0.1) is 0 Å². The van der Waals surface area contributed by atoms with Crippen molar-refractivity contribution in [2.24, 2.45) is 0 Å². The highest BCUT2D eigenvalue weighted by atomic mass is 14.8. The number of rotatable bonds is 1. The lowest BCUT2D eigenvalue weighted by molar-refractivity contribution is 0.412. The number of aromatic nitrogens is 1. The molecular formula is C9H13N3. The van der Waals surface area contributed by atoms with Crippen molar-refractivity contribution in [1.82, 2.24) is 4.98 Å². The molecule has 1 heterocycles. The summed E-state index contributed by atoms with van der Waals surface area (Å²) in [6.07, 6.45) is 5.45. The van der Waals surface area contributed by atoms with E-state index >= 15 is 0 Å². The van der Waals surface area contributed by atoms with Crippen LogP contribution in [0.5, 0.6) is 0 Å². The highest BCUT2D eigenvalue weighted by Crippen LogP contribution is 2.38. The van der Waals surface area contributed by atoms with Gasteiger partial charge in [0.05, 0.1) is 17.1 Å². The lowest BCUT2D eigenvalue weighted by Crippen LogP contribution is -2.13. The van der Waals surface area contributed by atoms with Gasteiger partial charge in [0.25, 0.3) is 0 Å². The summed E-state index contributed by atoms with van der Waals surface area (Å²) >= 11 is 0. The van der Waals surface area contributed by atoms with Gasteiger partial charge in [-0.3, -0.25) is 4.98 Å². The first-order valence-corrected chi connectivity index (χ1v) is 4.29. The van der Waals surface area contributed by atoms with Crippen LogP contribution in [0.2, 0.25) is 0 Å². The monoisotopic (exact) mass is 163 g/mol. The average molecular weight is 163 g/mol. The maximum atomic E-state index is 5.81. The largest absolute Gasteiger partial charge is 0.397 e. The molecule has 64 valence electrons. The van der Waals surface area contributed by atoms with Gasteiger partial charge in [0, 0.05) is 12.1 Å². The fraction of sp³-hybridized carbons (Fsp3) is 0.444. The maximum Gasteiger partial charge on any atom is 0.0769 e. The molecule has 0 aliphatic heterocycles. The molecule has 4 N–H and O–H groups in total. The van der Waals surface area contributed by atoms with Crippen LogP contribution in [0.15, 0.2) is 12.3 Å². The molecule has 0 radical (unpaired) electrons. The number of pyridine rings is 1. The van der Waals surface area contributed by atoms with Crippen molar-refractivity contribution in [3.8, 4) is 0 Å². The summed E-state index contributed by atoms with van der Waals surface area (Å²) in [5.41, 5.74) is 13.8. The van der Waals surface area contributed by atoms with Gasteiger partial charge in [-0.1, -0.05) is 6.42 Å². The van der Waals surface area contributed by atoms with Crippen LogP contribution >= 0.6 is 0 Å². The smallest absolute Gasteiger partial charge is 0.0769 e. The van der Waals surface area contributed by atoms with Crippen molar-refractivity contribution in [3.63, 3.8) is 0 Å². The third-order valence-corrected chi connectivity index (χ3v) is 2.55. The van der Waals surface area contributed by atoms with Crippen LogP contribution < -0.4 is 11.5 Å². The Balaban J connectivity index is 2.36. The lowest BCUT2D eigenvalue weighted by atomic mass is 9.82. The molecule has 1 aliphatic carbocycles. The van der Waals surface area contributed by atoms with Gasteiger partial charge in [0.1, 0.15) is 0 Å². The van der Waals surface area contributed by atoms with Crippen LogP contribution in [0.4, 0.5) is 11.4 Å². The molecule has 0 spiro atoms. The van der Waals surface area contributed by atoms with E-state index in [0.29, 0.717) is 17.3 Å². The Morgan fingerprint density at radius 1 is 1.33 bits per heavy atom. The van der Waals surface area contributed by atoms with Gasteiger partial charge in [0.2, 0.25) is 0 Å². The number of nitrogens with two attached hydrogens (primary N) is 2. The molecule has 0 amide bonds. The van der Waals surface area contributed by atoms with Gasteiger partial charge in [-0.15, -0.1) is 0 Å². The van der Waals surface area contributed by atoms with Crippen molar-refractivity contribution in [3.05, 3.63) is 18.0 Å². The van der Waals surface area contributed by atoms with E-state index in [1.54, 1.807) is 12.3 Å². The predicted octanol–water partition coefficient (Wildman–Crippen LogP) is 1.51. The fourth-order valence-corrected chi connectivity index (χ4v) is 1.51. The van der Waals surface area contributed by atoms with Gasteiger partial charge in [-0.05, 0) is 18.9 Å². The minimum absolute atomic E-state index is 0.563. The van der Waals surface area contributed by atoms with E-state index in [9.17, 15) is 0 Å². The lowest BCUT2D eigenvalue weighted by Gasteiger charge is -2.26. The molecule has 1 aromatic heterocycles. The molecule has 2 rings (SSSR count). The summed E-state index contributed by atoms with van der Waals surface area (Å²) < 4.78 is 0. The Morgan fingerprint density at radius 2 is 2.08 bits per heavy atom. The van der Waals surface area contributed by atoms with Crippen LogP contribution in [0.3, 0.4) is 0 Å². The first-order valence-electron chi connectivity index (χ1n) is 4.29. The van der Waals surface area contributed by atoms with E-state index in [2.05, 4.69) is 4.98 Å². The Kier molecular flexibility index (Phi) is 1.64. The summed E-state index contributed by atoms with van der Waals surface area (Å²) in [6, 6.07) is 1.75. The van der Waals surface area contributed by atoms with Crippen LogP contribution in [-0.2, 0) is 0 Å². The van der Waals surface area contributed by atoms with E-state index in [0.717, 1.165) is 5.69 Å². The molecular weight excluding hydrogens is 150 g/mol. The van der Waals surface area contributed by atoms with Crippen molar-refractivity contribution >= 4 is 11.4 Å². The minimum atomic E-state index is 0.563. The molecule has 1 fully saturated rings. The molecule has 0 bridgehead atoms. The molecule has 3 heteroatoms. The molecule has 0 saturated heterocycles. The van der Waals surface area contributed by atoms with Crippen molar-refractivity contribution in [1.29, 1.82) is 0 Å². The third-order valence-electron chi connectivity index (χ3n) is 2.55. The molecule has 1 aromatic rings. The number of anilines is 2. The second kappa shape index (κ2) is 2.66. The van der Waals surface area contributed by atoms with E-state index in [4.69, 9.17) is 11.5 Å². The second-order valence-electron chi connectivity index (χ2n) is 3.33. The summed E-state index contributed by atoms with van der Waals surface area (Å²) in [4.78, 5) is 4.26. The molecule has 1 saturated carbocycles. The van der Waals surface area contributed by atoms with Gasteiger partial charge in [-0.25, -0.2) is 0 Å². The molecule has 0 unspecified atom stereocenters. The Hall–Kier alpha value is -1.25. The van der Waals surface area contributed by atoms with Gasteiger partial charge < -0.3 is 11.5 Å². The summed E-state index contributed by atoms with van der Waals surface area (Å²) in [5, 5.41) is 0. The standard InChI is InChI=1S/C9H13N3/c10-7-4-5-12-9(8(7)11)6-2-1-3-6/h4-6H,1-3,11H2,(H2,10,12). The van der Waals surface area contributed by atoms with Gasteiger partial charge in [-0.2, -0.15) is 0 Å². The maximum absolute atomic E-state index is 5.81. The zero-order valence-corrected chi connectivity index (χ0v) is 6.96. The highest BCUT2D eigenvalue weighted by Gasteiger charge is 2.23. The Bertz CT molecular complexity index is 292. The van der Waals surface area contributed by atoms with Crippen molar-refractivity contribution in [2.75, 3.05) is 11.5 Å². The fourth-order valence-electron chi connectivity index (χ4n) is 1.51. The third kappa shape index (κ3) is 1.02. The number of hydrogen-bond donors (Lipinski definition) is 2. The van der Waals surface area contributed by atoms with E-state index < -0.39 is 0 Å². The van der Waals surface area contributed by atoms with Crippen LogP contribution in [0.25, 0.3) is 0 Å². The quantitative estimate of drug-likeness (QED) is 0.659. The zero-order valence-electron chi connectivity index (χ0n) is 6.96. The van der Waals surface area contributed by atoms with E-state index in [1.165, 1.54) is 19.3 Å². The zero-order chi connectivity index (χ0) is 8.55. The number of hydrogen-bond acceptors (Lipinski definition) is 3. The SMILES string of the molecule is Nc1ccnc(C2CCC2)c1N. The van der Waals surface area contributed by atoms with E-state index in [1.807, 2.05) is 0 Å². The average Bonchev–Trinajstić information content (AvgIpc) is 1.95. The summed E-state index contributed by atoms with van der Waals surface area (Å²) in [5.74, 6) is 0.563. The van der Waals surface area contributed by atoms with E-state index in [-0.39, 0.29) is 0 Å². The Labute approximate surface area is 71.8 Å². The van der Waals surface area contributed by atoms with Crippen LogP contribution in [0.1, 0.15) is 30.9 Å². The summed E-state index contributed by atoms with van der Waals surface area (Å²) in [7, 11) is 0. The van der Waals surface area contributed by atoms with Crippen LogP contribution in [-0.4, -0.2) is 4.98 Å². The number of nitrogens with zero attached hydrogens (tertiary/aromatic N) is 1. The molecule has 3 nitrogen and oxygen atoms in total. The minimum Gasteiger partial charge on any atom is -0.397 e. The number of nitrogen functional groups attached to an aromatic ring is 2. The first-order chi connectivity index (χ1) is 5.79. The molecule has 1 aliphatic rings.